The van der Waals surface area contributed by atoms with Gasteiger partial charge in [0.25, 0.3) is 5.91 Å². The number of fused-ring (bicyclic) bond motifs is 1. The molecule has 0 bridgehead atoms. The van der Waals surface area contributed by atoms with Crippen molar-refractivity contribution in [3.63, 3.8) is 0 Å². The molecule has 18 heavy (non-hydrogen) atoms. The molecule has 2 heterocycles. The zero-order valence-electron chi connectivity index (χ0n) is 9.45. The van der Waals surface area contributed by atoms with E-state index in [0.29, 0.717) is 11.5 Å². The molecule has 0 saturated heterocycles. The fourth-order valence-corrected chi connectivity index (χ4v) is 1.96. The second kappa shape index (κ2) is 3.96. The van der Waals surface area contributed by atoms with Crippen LogP contribution < -0.4 is 5.73 Å². The van der Waals surface area contributed by atoms with Gasteiger partial charge < -0.3 is 5.73 Å². The molecule has 1 amide bonds. The first-order valence-electron chi connectivity index (χ1n) is 5.44. The predicted octanol–water partition coefficient (Wildman–Crippen LogP) is 1.52. The molecule has 0 aliphatic heterocycles. The lowest BCUT2D eigenvalue weighted by molar-refractivity contribution is 0.100. The summed E-state index contributed by atoms with van der Waals surface area (Å²) < 4.78 is 1.76. The minimum absolute atomic E-state index is 0.458. The van der Waals surface area contributed by atoms with E-state index in [4.69, 9.17) is 5.73 Å². The van der Waals surface area contributed by atoms with Gasteiger partial charge in [0.05, 0.1) is 11.1 Å². The topological polar surface area (TPSA) is 73.8 Å². The Morgan fingerprint density at radius 2 is 1.83 bits per heavy atom. The molecule has 0 spiro atoms. The fraction of sp³-hybridized carbons (Fsp3) is 0. The van der Waals surface area contributed by atoms with E-state index < -0.39 is 5.91 Å². The zero-order valence-corrected chi connectivity index (χ0v) is 9.45. The smallest absolute Gasteiger partial charge is 0.250 e. The molecule has 3 rings (SSSR count). The third-order valence-corrected chi connectivity index (χ3v) is 2.75. The van der Waals surface area contributed by atoms with E-state index in [1.165, 1.54) is 0 Å². The lowest BCUT2D eigenvalue weighted by atomic mass is 10.2. The van der Waals surface area contributed by atoms with Crippen molar-refractivity contribution in [2.45, 2.75) is 0 Å². The maximum atomic E-state index is 11.4. The average Bonchev–Trinajstić information content (AvgIpc) is 2.79. The molecular weight excluding hydrogens is 228 g/mol. The Morgan fingerprint density at radius 1 is 1.11 bits per heavy atom. The highest BCUT2D eigenvalue weighted by Crippen LogP contribution is 2.22. The summed E-state index contributed by atoms with van der Waals surface area (Å²) in [5, 5.41) is 0.803. The molecule has 2 aromatic heterocycles. The predicted molar refractivity (Wildman–Crippen MR) is 67.4 cm³/mol. The molecule has 1 aromatic carbocycles. The van der Waals surface area contributed by atoms with Crippen LogP contribution >= 0.6 is 0 Å². The van der Waals surface area contributed by atoms with Gasteiger partial charge in [-0.2, -0.15) is 0 Å². The fourth-order valence-electron chi connectivity index (χ4n) is 1.96. The van der Waals surface area contributed by atoms with E-state index in [-0.39, 0.29) is 0 Å². The molecule has 0 saturated carbocycles. The van der Waals surface area contributed by atoms with Gasteiger partial charge in [0.15, 0.2) is 0 Å². The summed E-state index contributed by atoms with van der Waals surface area (Å²) in [5.74, 6) is 0.0575. The number of rotatable bonds is 2. The summed E-state index contributed by atoms with van der Waals surface area (Å²) in [5.41, 5.74) is 6.71. The number of hydrogen-bond donors (Lipinski definition) is 1. The quantitative estimate of drug-likeness (QED) is 0.735. The number of hydrogen-bond acceptors (Lipinski definition) is 3. The standard InChI is InChI=1S/C13H10N4O/c14-12(18)10-8-17(13-15-6-3-7-16-13)11-5-2-1-4-9(10)11/h1-8H,(H2,14,18). The van der Waals surface area contributed by atoms with E-state index in [2.05, 4.69) is 9.97 Å². The zero-order chi connectivity index (χ0) is 12.5. The van der Waals surface area contributed by atoms with Crippen molar-refractivity contribution in [2.75, 3.05) is 0 Å². The maximum absolute atomic E-state index is 11.4. The van der Waals surface area contributed by atoms with Gasteiger partial charge in [0.2, 0.25) is 5.95 Å². The molecular formula is C13H10N4O. The number of carbonyl (C=O) groups is 1. The number of primary amides is 1. The van der Waals surface area contributed by atoms with Gasteiger partial charge in [-0.25, -0.2) is 9.97 Å². The highest BCUT2D eigenvalue weighted by Gasteiger charge is 2.13. The molecule has 0 unspecified atom stereocenters. The number of amides is 1. The van der Waals surface area contributed by atoms with Crippen LogP contribution in [0.4, 0.5) is 0 Å². The number of para-hydroxylation sites is 1. The monoisotopic (exact) mass is 238 g/mol. The Labute approximate surface area is 103 Å². The molecule has 0 radical (unpaired) electrons. The van der Waals surface area contributed by atoms with Crippen LogP contribution in [0.2, 0.25) is 0 Å². The van der Waals surface area contributed by atoms with Crippen LogP contribution in [0.5, 0.6) is 0 Å². The first kappa shape index (κ1) is 10.5. The second-order valence-corrected chi connectivity index (χ2v) is 3.84. The number of benzene rings is 1. The molecule has 88 valence electrons. The van der Waals surface area contributed by atoms with E-state index >= 15 is 0 Å². The SMILES string of the molecule is NC(=O)c1cn(-c2ncccn2)c2ccccc12. The van der Waals surface area contributed by atoms with Gasteiger partial charge in [-0.15, -0.1) is 0 Å². The Balaban J connectivity index is 2.34. The van der Waals surface area contributed by atoms with Crippen molar-refractivity contribution >= 4 is 16.8 Å². The summed E-state index contributed by atoms with van der Waals surface area (Å²) in [6, 6.07) is 9.26. The summed E-state index contributed by atoms with van der Waals surface area (Å²) in [4.78, 5) is 19.8. The number of nitrogens with zero attached hydrogens (tertiary/aromatic N) is 3. The van der Waals surface area contributed by atoms with Gasteiger partial charge in [-0.1, -0.05) is 18.2 Å². The molecule has 5 nitrogen and oxygen atoms in total. The van der Waals surface area contributed by atoms with Crippen molar-refractivity contribution in [1.29, 1.82) is 0 Å². The van der Waals surface area contributed by atoms with Crippen LogP contribution in [0.3, 0.4) is 0 Å². The molecule has 2 N–H and O–H groups in total. The normalized spacial score (nSPS) is 10.7. The van der Waals surface area contributed by atoms with Gasteiger partial charge in [-0.05, 0) is 12.1 Å². The minimum atomic E-state index is -0.458. The Morgan fingerprint density at radius 3 is 2.56 bits per heavy atom. The Bertz CT molecular complexity index is 718. The molecule has 0 atom stereocenters. The van der Waals surface area contributed by atoms with Crippen LogP contribution in [-0.2, 0) is 0 Å². The first-order chi connectivity index (χ1) is 8.77. The lowest BCUT2D eigenvalue weighted by Crippen LogP contribution is -2.10. The molecule has 0 aliphatic rings. The van der Waals surface area contributed by atoms with E-state index in [1.807, 2.05) is 24.3 Å². The van der Waals surface area contributed by atoms with Crippen molar-refractivity contribution in [2.24, 2.45) is 5.73 Å². The number of carbonyl (C=O) groups excluding carboxylic acids is 1. The lowest BCUT2D eigenvalue weighted by Gasteiger charge is -2.01. The summed E-state index contributed by atoms with van der Waals surface area (Å²) in [6.07, 6.45) is 4.98. The van der Waals surface area contributed by atoms with Crippen LogP contribution in [0.25, 0.3) is 16.9 Å². The first-order valence-corrected chi connectivity index (χ1v) is 5.44. The second-order valence-electron chi connectivity index (χ2n) is 3.84. The third-order valence-electron chi connectivity index (χ3n) is 2.75. The van der Waals surface area contributed by atoms with Crippen LogP contribution in [0.15, 0.2) is 48.9 Å². The maximum Gasteiger partial charge on any atom is 0.250 e. The molecule has 5 heteroatoms. The minimum Gasteiger partial charge on any atom is -0.366 e. The molecule has 0 aliphatic carbocycles. The van der Waals surface area contributed by atoms with Crippen LogP contribution in [-0.4, -0.2) is 20.4 Å². The number of nitrogens with two attached hydrogens (primary N) is 1. The van der Waals surface area contributed by atoms with E-state index in [1.54, 1.807) is 29.2 Å². The third kappa shape index (κ3) is 1.53. The summed E-state index contributed by atoms with van der Waals surface area (Å²) in [7, 11) is 0. The Kier molecular flexibility index (Phi) is 2.30. The van der Waals surface area contributed by atoms with Gasteiger partial charge in [-0.3, -0.25) is 9.36 Å². The van der Waals surface area contributed by atoms with Crippen molar-refractivity contribution < 1.29 is 4.79 Å². The van der Waals surface area contributed by atoms with Crippen LogP contribution in [0, 0.1) is 0 Å². The molecule has 3 aromatic rings. The van der Waals surface area contributed by atoms with E-state index in [9.17, 15) is 4.79 Å². The highest BCUT2D eigenvalue weighted by atomic mass is 16.1. The van der Waals surface area contributed by atoms with Crippen molar-refractivity contribution in [1.82, 2.24) is 14.5 Å². The number of aromatic nitrogens is 3. The van der Waals surface area contributed by atoms with E-state index in [0.717, 1.165) is 10.9 Å². The average molecular weight is 238 g/mol. The van der Waals surface area contributed by atoms with Crippen molar-refractivity contribution in [3.05, 3.63) is 54.5 Å². The van der Waals surface area contributed by atoms with Gasteiger partial charge in [0, 0.05) is 24.0 Å². The summed E-state index contributed by atoms with van der Waals surface area (Å²) >= 11 is 0. The van der Waals surface area contributed by atoms with Crippen molar-refractivity contribution in [3.8, 4) is 5.95 Å². The largest absolute Gasteiger partial charge is 0.366 e. The molecule has 0 fully saturated rings. The highest BCUT2D eigenvalue weighted by molar-refractivity contribution is 6.06. The van der Waals surface area contributed by atoms with Crippen LogP contribution in [0.1, 0.15) is 10.4 Å². The van der Waals surface area contributed by atoms with Gasteiger partial charge in [0.1, 0.15) is 0 Å². The Hall–Kier alpha value is -2.69. The summed E-state index contributed by atoms with van der Waals surface area (Å²) in [6.45, 7) is 0. The van der Waals surface area contributed by atoms with Gasteiger partial charge >= 0.3 is 0 Å².